The van der Waals surface area contributed by atoms with E-state index in [0.717, 1.165) is 18.9 Å². The molecule has 4 nitrogen and oxygen atoms in total. The van der Waals surface area contributed by atoms with Gasteiger partial charge in [-0.2, -0.15) is 0 Å². The Morgan fingerprint density at radius 2 is 1.89 bits per heavy atom. The van der Waals surface area contributed by atoms with E-state index in [-0.39, 0.29) is 39.8 Å². The lowest BCUT2D eigenvalue weighted by atomic mass is 9.92. The van der Waals surface area contributed by atoms with Gasteiger partial charge in [0.15, 0.2) is 5.82 Å². The average Bonchev–Trinajstić information content (AvgIpc) is 3.45. The van der Waals surface area contributed by atoms with Crippen molar-refractivity contribution < 1.29 is 23.1 Å². The molecular formula is C21H17F3N2O2. The highest BCUT2D eigenvalue weighted by Crippen LogP contribution is 2.48. The van der Waals surface area contributed by atoms with E-state index in [2.05, 4.69) is 11.9 Å². The maximum Gasteiger partial charge on any atom is 0.337 e. The molecule has 1 saturated carbocycles. The molecule has 0 spiro atoms. The number of carboxylic acids is 1. The van der Waals surface area contributed by atoms with Crippen molar-refractivity contribution in [1.29, 1.82) is 0 Å². The van der Waals surface area contributed by atoms with Crippen LogP contribution in [-0.2, 0) is 4.79 Å². The third kappa shape index (κ3) is 2.93. The van der Waals surface area contributed by atoms with E-state index < -0.39 is 23.4 Å². The largest absolute Gasteiger partial charge is 0.478 e. The molecule has 1 aliphatic carbocycles. The number of anilines is 3. The molecule has 144 valence electrons. The van der Waals surface area contributed by atoms with E-state index in [9.17, 15) is 23.1 Å². The number of aliphatic carboxylic acids is 1. The average molecular weight is 386 g/mol. The van der Waals surface area contributed by atoms with Crippen molar-refractivity contribution in [3.8, 4) is 0 Å². The molecule has 0 radical (unpaired) electrons. The van der Waals surface area contributed by atoms with Gasteiger partial charge in [0.05, 0.1) is 22.6 Å². The summed E-state index contributed by atoms with van der Waals surface area (Å²) in [6, 6.07) is 5.02. The SMILES string of the molecule is C=C1C(C(=O)O)=CN(C2CC2)c2c(F)cc(F)c(Nc3ccc(C)cc3F)c21. The van der Waals surface area contributed by atoms with E-state index in [4.69, 9.17) is 0 Å². The molecule has 0 bridgehead atoms. The van der Waals surface area contributed by atoms with E-state index in [0.29, 0.717) is 5.56 Å². The number of benzene rings is 2. The molecule has 0 saturated heterocycles. The first-order valence-corrected chi connectivity index (χ1v) is 8.76. The number of nitrogens with zero attached hydrogens (tertiary/aromatic N) is 1. The van der Waals surface area contributed by atoms with Crippen LogP contribution in [0, 0.1) is 24.4 Å². The molecule has 1 fully saturated rings. The highest BCUT2D eigenvalue weighted by Gasteiger charge is 2.38. The van der Waals surface area contributed by atoms with Crippen LogP contribution in [0.1, 0.15) is 24.0 Å². The van der Waals surface area contributed by atoms with Crippen LogP contribution in [-0.4, -0.2) is 17.1 Å². The van der Waals surface area contributed by atoms with Gasteiger partial charge in [-0.05, 0) is 43.0 Å². The predicted molar refractivity (Wildman–Crippen MR) is 101 cm³/mol. The first-order chi connectivity index (χ1) is 13.3. The molecule has 4 rings (SSSR count). The summed E-state index contributed by atoms with van der Waals surface area (Å²) in [7, 11) is 0. The van der Waals surface area contributed by atoms with Crippen molar-refractivity contribution in [3.63, 3.8) is 0 Å². The number of aryl methyl sites for hydroxylation is 1. The fourth-order valence-electron chi connectivity index (χ4n) is 3.37. The van der Waals surface area contributed by atoms with Crippen molar-refractivity contribution in [2.45, 2.75) is 25.8 Å². The lowest BCUT2D eigenvalue weighted by molar-refractivity contribution is -0.132. The summed E-state index contributed by atoms with van der Waals surface area (Å²) >= 11 is 0. The van der Waals surface area contributed by atoms with Crippen molar-refractivity contribution >= 4 is 28.6 Å². The zero-order chi connectivity index (χ0) is 20.2. The summed E-state index contributed by atoms with van der Waals surface area (Å²) in [6.07, 6.45) is 2.87. The van der Waals surface area contributed by atoms with E-state index >= 15 is 0 Å². The molecule has 0 amide bonds. The third-order valence-corrected chi connectivity index (χ3v) is 4.91. The summed E-state index contributed by atoms with van der Waals surface area (Å²) in [4.78, 5) is 13.2. The lowest BCUT2D eigenvalue weighted by Crippen LogP contribution is -2.28. The molecule has 1 aliphatic heterocycles. The van der Waals surface area contributed by atoms with Crippen LogP contribution in [0.2, 0.25) is 0 Å². The lowest BCUT2D eigenvalue weighted by Gasteiger charge is -2.32. The number of nitrogens with one attached hydrogen (secondary N) is 1. The Balaban J connectivity index is 1.91. The van der Waals surface area contributed by atoms with Gasteiger partial charge in [-0.15, -0.1) is 0 Å². The van der Waals surface area contributed by atoms with Crippen molar-refractivity contribution in [1.82, 2.24) is 0 Å². The molecular weight excluding hydrogens is 369 g/mol. The van der Waals surface area contributed by atoms with Gasteiger partial charge >= 0.3 is 5.97 Å². The van der Waals surface area contributed by atoms with Crippen LogP contribution in [0.25, 0.3) is 5.57 Å². The van der Waals surface area contributed by atoms with Crippen LogP contribution in [0.15, 0.2) is 42.6 Å². The van der Waals surface area contributed by atoms with Crippen LogP contribution in [0.4, 0.5) is 30.2 Å². The zero-order valence-corrected chi connectivity index (χ0v) is 15.0. The highest BCUT2D eigenvalue weighted by molar-refractivity contribution is 6.11. The van der Waals surface area contributed by atoms with Crippen LogP contribution < -0.4 is 10.2 Å². The Bertz CT molecular complexity index is 1060. The number of carboxylic acid groups (broad SMARTS) is 1. The number of rotatable bonds is 4. The molecule has 0 atom stereocenters. The molecule has 1 heterocycles. The first kappa shape index (κ1) is 18.2. The van der Waals surface area contributed by atoms with Gasteiger partial charge in [0, 0.05) is 23.9 Å². The van der Waals surface area contributed by atoms with Gasteiger partial charge in [-0.3, -0.25) is 0 Å². The molecule has 0 unspecified atom stereocenters. The van der Waals surface area contributed by atoms with E-state index in [1.54, 1.807) is 13.0 Å². The number of hydrogen-bond acceptors (Lipinski definition) is 3. The van der Waals surface area contributed by atoms with Gasteiger partial charge in [0.1, 0.15) is 11.6 Å². The molecule has 2 N–H and O–H groups in total. The van der Waals surface area contributed by atoms with Gasteiger partial charge in [0.2, 0.25) is 0 Å². The second-order valence-electron chi connectivity index (χ2n) is 7.01. The van der Waals surface area contributed by atoms with Crippen molar-refractivity contribution in [2.24, 2.45) is 0 Å². The Morgan fingerprint density at radius 3 is 2.50 bits per heavy atom. The normalized spacial score (nSPS) is 15.9. The maximum atomic E-state index is 14.7. The van der Waals surface area contributed by atoms with Crippen molar-refractivity contribution in [3.05, 3.63) is 71.2 Å². The highest BCUT2D eigenvalue weighted by atomic mass is 19.1. The van der Waals surface area contributed by atoms with Crippen LogP contribution >= 0.6 is 0 Å². The fraction of sp³-hybridized carbons (Fsp3) is 0.190. The van der Waals surface area contributed by atoms with Gasteiger partial charge in [0.25, 0.3) is 0 Å². The Morgan fingerprint density at radius 1 is 1.18 bits per heavy atom. The summed E-state index contributed by atoms with van der Waals surface area (Å²) < 4.78 is 43.7. The van der Waals surface area contributed by atoms with Crippen LogP contribution in [0.5, 0.6) is 0 Å². The van der Waals surface area contributed by atoms with Crippen molar-refractivity contribution in [2.75, 3.05) is 10.2 Å². The smallest absolute Gasteiger partial charge is 0.337 e. The summed E-state index contributed by atoms with van der Waals surface area (Å²) in [6.45, 7) is 5.47. The predicted octanol–water partition coefficient (Wildman–Crippen LogP) is 5.12. The van der Waals surface area contributed by atoms with E-state index in [1.807, 2.05) is 0 Å². The second-order valence-corrected chi connectivity index (χ2v) is 7.01. The Kier molecular flexibility index (Phi) is 4.18. The number of halogens is 3. The Labute approximate surface area is 159 Å². The number of fused-ring (bicyclic) bond motifs is 1. The monoisotopic (exact) mass is 386 g/mol. The maximum absolute atomic E-state index is 14.7. The summed E-state index contributed by atoms with van der Waals surface area (Å²) in [5, 5.41) is 12.2. The molecule has 2 aromatic rings. The number of hydrogen-bond donors (Lipinski definition) is 2. The zero-order valence-electron chi connectivity index (χ0n) is 15.0. The Hall–Kier alpha value is -3.22. The van der Waals surface area contributed by atoms with Gasteiger partial charge in [-0.1, -0.05) is 12.6 Å². The first-order valence-electron chi connectivity index (χ1n) is 8.76. The van der Waals surface area contributed by atoms with E-state index in [1.165, 1.54) is 23.2 Å². The second kappa shape index (κ2) is 6.44. The van der Waals surface area contributed by atoms with Gasteiger partial charge < -0.3 is 15.3 Å². The van der Waals surface area contributed by atoms with Crippen LogP contribution in [0.3, 0.4) is 0 Å². The quantitative estimate of drug-likeness (QED) is 0.766. The standard InChI is InChI=1S/C21H17F3N2O2/c1-10-3-6-17(14(22)7-10)25-19-15(23)8-16(24)20-18(19)11(2)13(21(27)28)9-26(20)12-4-5-12/h3,6-9,12,25H,2,4-5H2,1H3,(H,27,28). The minimum Gasteiger partial charge on any atom is -0.478 e. The minimum atomic E-state index is -1.25. The molecule has 28 heavy (non-hydrogen) atoms. The molecule has 2 aromatic carbocycles. The summed E-state index contributed by atoms with van der Waals surface area (Å²) in [5.74, 6) is -3.64. The molecule has 7 heteroatoms. The fourth-order valence-corrected chi connectivity index (χ4v) is 3.37. The molecule has 0 aromatic heterocycles. The third-order valence-electron chi connectivity index (χ3n) is 4.91. The minimum absolute atomic E-state index is 0.00416. The molecule has 2 aliphatic rings. The topological polar surface area (TPSA) is 52.6 Å². The summed E-state index contributed by atoms with van der Waals surface area (Å²) in [5.41, 5.74) is 0.324. The van der Waals surface area contributed by atoms with Gasteiger partial charge in [-0.25, -0.2) is 18.0 Å². The number of carbonyl (C=O) groups is 1.